The van der Waals surface area contributed by atoms with Gasteiger partial charge in [0.2, 0.25) is 0 Å². The molecule has 1 aromatic carbocycles. The molecule has 0 fully saturated rings. The van der Waals surface area contributed by atoms with Gasteiger partial charge >= 0.3 is 6.09 Å². The number of nitrogens with zero attached hydrogens (tertiary/aromatic N) is 1. The van der Waals surface area contributed by atoms with Crippen LogP contribution in [0.25, 0.3) is 0 Å². The first kappa shape index (κ1) is 14.7. The lowest BCUT2D eigenvalue weighted by Crippen LogP contribution is -2.38. The molecule has 1 aromatic rings. The highest BCUT2D eigenvalue weighted by atomic mass is 127. The van der Waals surface area contributed by atoms with Crippen LogP contribution in [0.15, 0.2) is 22.7 Å². The molecule has 0 atom stereocenters. The largest absolute Gasteiger partial charge is 0.463 e. The molecule has 0 saturated heterocycles. The summed E-state index contributed by atoms with van der Waals surface area (Å²) in [6, 6.07) is 5.31. The standard InChI is InChI=1S/C11H13BrINO3/c1-11(2,3)17-14(10(15)16)9-5-4-7(12)6-8(9)13/h4-6H,1-3H3,(H,15,16). The number of halogens is 2. The average Bonchev–Trinajstić information content (AvgIpc) is 2.13. The molecule has 0 radical (unpaired) electrons. The molecule has 1 N–H and O–H groups in total. The van der Waals surface area contributed by atoms with Crippen molar-refractivity contribution in [3.05, 3.63) is 26.2 Å². The summed E-state index contributed by atoms with van der Waals surface area (Å²) in [6.45, 7) is 5.40. The van der Waals surface area contributed by atoms with Crippen molar-refractivity contribution in [1.82, 2.24) is 0 Å². The van der Waals surface area contributed by atoms with Crippen molar-refractivity contribution in [2.75, 3.05) is 5.06 Å². The Kier molecular flexibility index (Phi) is 4.79. The number of hydrogen-bond acceptors (Lipinski definition) is 2. The molecule has 1 rings (SSSR count). The second-order valence-corrected chi connectivity index (χ2v) is 6.45. The van der Waals surface area contributed by atoms with Crippen molar-refractivity contribution < 1.29 is 14.7 Å². The number of benzene rings is 1. The zero-order valence-electron chi connectivity index (χ0n) is 9.70. The van der Waals surface area contributed by atoms with E-state index in [1.807, 2.05) is 6.07 Å². The van der Waals surface area contributed by atoms with Gasteiger partial charge in [-0.15, -0.1) is 0 Å². The van der Waals surface area contributed by atoms with Crippen molar-refractivity contribution in [2.24, 2.45) is 0 Å². The van der Waals surface area contributed by atoms with Gasteiger partial charge in [-0.3, -0.25) is 4.84 Å². The molecule has 1 amide bonds. The highest BCUT2D eigenvalue weighted by molar-refractivity contribution is 14.1. The van der Waals surface area contributed by atoms with Crippen LogP contribution >= 0.6 is 38.5 Å². The topological polar surface area (TPSA) is 49.8 Å². The molecule has 4 nitrogen and oxygen atoms in total. The fourth-order valence-corrected chi connectivity index (χ4v) is 2.63. The Balaban J connectivity index is 3.10. The second-order valence-electron chi connectivity index (χ2n) is 4.38. The maximum Gasteiger partial charge on any atom is 0.436 e. The molecule has 0 aliphatic rings. The van der Waals surface area contributed by atoms with E-state index < -0.39 is 11.7 Å². The molecule has 0 aliphatic carbocycles. The lowest BCUT2D eigenvalue weighted by molar-refractivity contribution is -0.0158. The van der Waals surface area contributed by atoms with Crippen molar-refractivity contribution in [3.8, 4) is 0 Å². The van der Waals surface area contributed by atoms with Gasteiger partial charge in [0.1, 0.15) is 0 Å². The summed E-state index contributed by atoms with van der Waals surface area (Å²) in [5.41, 5.74) is -0.0645. The van der Waals surface area contributed by atoms with E-state index in [0.29, 0.717) is 5.69 Å². The SMILES string of the molecule is CC(C)(C)ON(C(=O)O)c1ccc(Br)cc1I. The minimum absolute atomic E-state index is 0.510. The lowest BCUT2D eigenvalue weighted by atomic mass is 10.2. The summed E-state index contributed by atoms with van der Waals surface area (Å²) < 4.78 is 1.69. The minimum atomic E-state index is -1.14. The van der Waals surface area contributed by atoms with E-state index in [4.69, 9.17) is 9.94 Å². The first-order valence-corrected chi connectivity index (χ1v) is 6.75. The van der Waals surface area contributed by atoms with Gasteiger partial charge in [-0.2, -0.15) is 5.06 Å². The van der Waals surface area contributed by atoms with Gasteiger partial charge in [0.15, 0.2) is 0 Å². The monoisotopic (exact) mass is 413 g/mol. The molecule has 0 spiro atoms. The van der Waals surface area contributed by atoms with E-state index in [-0.39, 0.29) is 0 Å². The van der Waals surface area contributed by atoms with Gasteiger partial charge in [-0.1, -0.05) is 15.9 Å². The fourth-order valence-electron chi connectivity index (χ4n) is 1.11. The van der Waals surface area contributed by atoms with Crippen LogP contribution in [-0.2, 0) is 4.84 Å². The van der Waals surface area contributed by atoms with Crippen LogP contribution in [0.3, 0.4) is 0 Å². The van der Waals surface area contributed by atoms with Gasteiger partial charge < -0.3 is 5.11 Å². The first-order chi connectivity index (χ1) is 7.70. The predicted octanol–water partition coefficient (Wildman–Crippen LogP) is 4.27. The normalized spacial score (nSPS) is 11.4. The van der Waals surface area contributed by atoms with Gasteiger partial charge in [0.25, 0.3) is 0 Å². The average molecular weight is 414 g/mol. The van der Waals surface area contributed by atoms with E-state index in [2.05, 4.69) is 38.5 Å². The summed E-state index contributed by atoms with van der Waals surface area (Å²) >= 11 is 5.40. The van der Waals surface area contributed by atoms with E-state index in [1.165, 1.54) is 0 Å². The predicted molar refractivity (Wildman–Crippen MR) is 78.2 cm³/mol. The summed E-state index contributed by atoms with van der Waals surface area (Å²) in [5.74, 6) is 0. The van der Waals surface area contributed by atoms with Crippen LogP contribution < -0.4 is 5.06 Å². The van der Waals surface area contributed by atoms with E-state index in [9.17, 15) is 4.79 Å². The molecular weight excluding hydrogens is 401 g/mol. The quantitative estimate of drug-likeness (QED) is 0.581. The maximum absolute atomic E-state index is 11.2. The zero-order valence-corrected chi connectivity index (χ0v) is 13.4. The highest BCUT2D eigenvalue weighted by Crippen LogP contribution is 2.28. The molecule has 17 heavy (non-hydrogen) atoms. The van der Waals surface area contributed by atoms with Crippen molar-refractivity contribution in [3.63, 3.8) is 0 Å². The Morgan fingerprint density at radius 2 is 2.06 bits per heavy atom. The molecule has 6 heteroatoms. The van der Waals surface area contributed by atoms with Crippen molar-refractivity contribution in [1.29, 1.82) is 0 Å². The number of carbonyl (C=O) groups is 1. The van der Waals surface area contributed by atoms with Crippen LogP contribution in [0.1, 0.15) is 20.8 Å². The summed E-state index contributed by atoms with van der Waals surface area (Å²) in [5, 5.41) is 10.1. The number of anilines is 1. The third kappa shape index (κ3) is 4.44. The van der Waals surface area contributed by atoms with E-state index in [1.54, 1.807) is 32.9 Å². The third-order valence-electron chi connectivity index (χ3n) is 1.67. The van der Waals surface area contributed by atoms with Crippen molar-refractivity contribution in [2.45, 2.75) is 26.4 Å². The molecule has 0 heterocycles. The van der Waals surface area contributed by atoms with Crippen molar-refractivity contribution >= 4 is 50.3 Å². The minimum Gasteiger partial charge on any atom is -0.463 e. The van der Waals surface area contributed by atoms with Crippen LogP contribution in [0, 0.1) is 3.57 Å². The summed E-state index contributed by atoms with van der Waals surface area (Å²) in [7, 11) is 0. The highest BCUT2D eigenvalue weighted by Gasteiger charge is 2.24. The number of carboxylic acid groups (broad SMARTS) is 1. The molecule has 0 saturated carbocycles. The molecule has 94 valence electrons. The lowest BCUT2D eigenvalue weighted by Gasteiger charge is -2.28. The number of hydrogen-bond donors (Lipinski definition) is 1. The summed E-state index contributed by atoms with van der Waals surface area (Å²) in [4.78, 5) is 16.6. The van der Waals surface area contributed by atoms with Gasteiger partial charge in [0.05, 0.1) is 11.3 Å². The van der Waals surface area contributed by atoms with E-state index >= 15 is 0 Å². The molecule has 0 unspecified atom stereocenters. The number of amides is 1. The smallest absolute Gasteiger partial charge is 0.436 e. The third-order valence-corrected chi connectivity index (χ3v) is 3.02. The molecular formula is C11H13BrINO3. The Labute approximate surface area is 122 Å². The Bertz CT molecular complexity index is 431. The fraction of sp³-hybridized carbons (Fsp3) is 0.364. The Hall–Kier alpha value is -0.340. The Morgan fingerprint density at radius 1 is 1.47 bits per heavy atom. The molecule has 0 aromatic heterocycles. The van der Waals surface area contributed by atoms with Gasteiger partial charge in [-0.25, -0.2) is 4.79 Å². The van der Waals surface area contributed by atoms with Gasteiger partial charge in [-0.05, 0) is 61.6 Å². The second kappa shape index (κ2) is 5.53. The number of rotatable bonds is 2. The molecule has 0 aliphatic heterocycles. The van der Waals surface area contributed by atoms with Crippen LogP contribution in [-0.4, -0.2) is 16.8 Å². The van der Waals surface area contributed by atoms with Gasteiger partial charge in [0, 0.05) is 8.04 Å². The van der Waals surface area contributed by atoms with Crippen LogP contribution in [0.5, 0.6) is 0 Å². The first-order valence-electron chi connectivity index (χ1n) is 4.88. The van der Waals surface area contributed by atoms with Crippen LogP contribution in [0.4, 0.5) is 10.5 Å². The van der Waals surface area contributed by atoms with E-state index in [0.717, 1.165) is 13.1 Å². The molecule has 0 bridgehead atoms. The zero-order chi connectivity index (χ0) is 13.2. The maximum atomic E-state index is 11.2. The Morgan fingerprint density at radius 3 is 2.47 bits per heavy atom. The summed E-state index contributed by atoms with van der Waals surface area (Å²) in [6.07, 6.45) is -1.14. The van der Waals surface area contributed by atoms with Crippen LogP contribution in [0.2, 0.25) is 0 Å². The number of hydroxylamine groups is 1.